The average molecular weight is 223 g/mol. The summed E-state index contributed by atoms with van der Waals surface area (Å²) in [6.45, 7) is 3.53. The zero-order chi connectivity index (χ0) is 11.6. The highest BCUT2D eigenvalue weighted by Crippen LogP contribution is 2.32. The molecule has 0 saturated carbocycles. The molecule has 0 atom stereocenters. The average Bonchev–Trinajstić information content (AvgIpc) is 2.32. The van der Waals surface area contributed by atoms with Gasteiger partial charge in [-0.15, -0.1) is 0 Å². The van der Waals surface area contributed by atoms with E-state index in [9.17, 15) is 4.39 Å². The van der Waals surface area contributed by atoms with Gasteiger partial charge in [-0.05, 0) is 30.4 Å². The molecule has 16 heavy (non-hydrogen) atoms. The minimum absolute atomic E-state index is 0.135. The minimum atomic E-state index is -0.226. The Balaban J connectivity index is 2.01. The summed E-state index contributed by atoms with van der Waals surface area (Å²) in [6.07, 6.45) is 3.43. The van der Waals surface area contributed by atoms with Crippen LogP contribution in [0.25, 0.3) is 0 Å². The maximum Gasteiger partial charge on any atom is 0.128 e. The molecule has 2 heterocycles. The maximum atomic E-state index is 12.8. The highest BCUT2D eigenvalue weighted by molar-refractivity contribution is 5.46. The van der Waals surface area contributed by atoms with Gasteiger partial charge in [-0.2, -0.15) is 0 Å². The third-order valence-corrected chi connectivity index (χ3v) is 3.39. The quantitative estimate of drug-likeness (QED) is 0.836. The number of halogens is 1. The van der Waals surface area contributed by atoms with Crippen LogP contribution in [0.2, 0.25) is 0 Å². The van der Waals surface area contributed by atoms with E-state index in [-0.39, 0.29) is 12.1 Å². The van der Waals surface area contributed by atoms with Crippen molar-refractivity contribution in [3.05, 3.63) is 18.3 Å². The lowest BCUT2D eigenvalue weighted by atomic mass is 9.82. The molecule has 1 aromatic rings. The fraction of sp³-hybridized carbons (Fsp3) is 0.583. The zero-order valence-electron chi connectivity index (χ0n) is 9.62. The summed E-state index contributed by atoms with van der Waals surface area (Å²) < 4.78 is 12.8. The van der Waals surface area contributed by atoms with E-state index in [1.807, 2.05) is 19.1 Å². The van der Waals surface area contributed by atoms with E-state index in [0.717, 1.165) is 31.7 Å². The Bertz CT molecular complexity index is 342. The normalized spacial score (nSPS) is 19.8. The Kier molecular flexibility index (Phi) is 2.99. The fourth-order valence-electron chi connectivity index (χ4n) is 1.99. The van der Waals surface area contributed by atoms with Crippen molar-refractivity contribution in [3.63, 3.8) is 0 Å². The molecular weight excluding hydrogens is 205 g/mol. The molecule has 1 saturated heterocycles. The lowest BCUT2D eigenvalue weighted by Crippen LogP contribution is -2.40. The van der Waals surface area contributed by atoms with Crippen molar-refractivity contribution in [3.8, 4) is 0 Å². The summed E-state index contributed by atoms with van der Waals surface area (Å²) in [6, 6.07) is 3.78. The van der Waals surface area contributed by atoms with Gasteiger partial charge in [0, 0.05) is 13.1 Å². The van der Waals surface area contributed by atoms with Gasteiger partial charge in [0.05, 0.1) is 18.6 Å². The summed E-state index contributed by atoms with van der Waals surface area (Å²) in [7, 11) is 0. The number of alkyl halides is 1. The number of piperidine rings is 1. The molecule has 1 fully saturated rings. The Morgan fingerprint density at radius 3 is 2.62 bits per heavy atom. The maximum absolute atomic E-state index is 12.8. The molecule has 0 radical (unpaired) electrons. The van der Waals surface area contributed by atoms with Crippen molar-refractivity contribution in [1.29, 1.82) is 0 Å². The van der Waals surface area contributed by atoms with Crippen LogP contribution in [0.1, 0.15) is 19.8 Å². The number of nitrogens with zero attached hydrogens (tertiary/aromatic N) is 2. The molecule has 0 amide bonds. The Morgan fingerprint density at radius 2 is 2.12 bits per heavy atom. The van der Waals surface area contributed by atoms with Crippen molar-refractivity contribution < 1.29 is 4.39 Å². The van der Waals surface area contributed by atoms with Crippen LogP contribution in [0, 0.1) is 5.41 Å². The van der Waals surface area contributed by atoms with Crippen molar-refractivity contribution in [2.75, 3.05) is 30.4 Å². The molecule has 4 heteroatoms. The van der Waals surface area contributed by atoms with E-state index in [4.69, 9.17) is 5.73 Å². The van der Waals surface area contributed by atoms with Crippen LogP contribution in [0.5, 0.6) is 0 Å². The highest BCUT2D eigenvalue weighted by Gasteiger charge is 2.30. The van der Waals surface area contributed by atoms with Crippen LogP contribution in [0.15, 0.2) is 18.3 Å². The molecule has 1 aliphatic rings. The van der Waals surface area contributed by atoms with Crippen LogP contribution in [0.3, 0.4) is 0 Å². The number of aromatic nitrogens is 1. The monoisotopic (exact) mass is 223 g/mol. The van der Waals surface area contributed by atoms with Crippen LogP contribution >= 0.6 is 0 Å². The summed E-state index contributed by atoms with van der Waals surface area (Å²) in [5, 5.41) is 0. The SMILES string of the molecule is CC1(CF)CCN(c2ccc(N)cn2)CC1. The second-order valence-corrected chi connectivity index (χ2v) is 4.88. The number of hydrogen-bond donors (Lipinski definition) is 1. The van der Waals surface area contributed by atoms with E-state index in [1.54, 1.807) is 6.20 Å². The van der Waals surface area contributed by atoms with E-state index < -0.39 is 0 Å². The molecule has 2 N–H and O–H groups in total. The van der Waals surface area contributed by atoms with Crippen molar-refractivity contribution >= 4 is 11.5 Å². The molecule has 2 rings (SSSR count). The molecule has 88 valence electrons. The Morgan fingerprint density at radius 1 is 1.44 bits per heavy atom. The number of rotatable bonds is 2. The molecule has 0 bridgehead atoms. The van der Waals surface area contributed by atoms with Crippen LogP contribution in [-0.2, 0) is 0 Å². The fourth-order valence-corrected chi connectivity index (χ4v) is 1.99. The molecule has 0 unspecified atom stereocenters. The lowest BCUT2D eigenvalue weighted by Gasteiger charge is -2.38. The molecule has 0 spiro atoms. The largest absolute Gasteiger partial charge is 0.397 e. The molecule has 3 nitrogen and oxygen atoms in total. The first kappa shape index (κ1) is 11.2. The van der Waals surface area contributed by atoms with Gasteiger partial charge in [-0.25, -0.2) is 4.98 Å². The minimum Gasteiger partial charge on any atom is -0.397 e. The second kappa shape index (κ2) is 4.28. The van der Waals surface area contributed by atoms with Crippen molar-refractivity contribution in [1.82, 2.24) is 4.98 Å². The van der Waals surface area contributed by atoms with Gasteiger partial charge < -0.3 is 10.6 Å². The van der Waals surface area contributed by atoms with Crippen LogP contribution < -0.4 is 10.6 Å². The number of nitrogen functional groups attached to an aromatic ring is 1. The predicted molar refractivity (Wildman–Crippen MR) is 64.2 cm³/mol. The van der Waals surface area contributed by atoms with Crippen LogP contribution in [0.4, 0.5) is 15.9 Å². The summed E-state index contributed by atoms with van der Waals surface area (Å²) >= 11 is 0. The van der Waals surface area contributed by atoms with Gasteiger partial charge in [-0.3, -0.25) is 4.39 Å². The van der Waals surface area contributed by atoms with Gasteiger partial charge in [0.15, 0.2) is 0 Å². The van der Waals surface area contributed by atoms with Crippen molar-refractivity contribution in [2.24, 2.45) is 5.41 Å². The van der Waals surface area contributed by atoms with Crippen molar-refractivity contribution in [2.45, 2.75) is 19.8 Å². The smallest absolute Gasteiger partial charge is 0.128 e. The second-order valence-electron chi connectivity index (χ2n) is 4.88. The first-order valence-electron chi connectivity index (χ1n) is 5.65. The zero-order valence-corrected chi connectivity index (χ0v) is 9.62. The summed E-state index contributed by atoms with van der Waals surface area (Å²) in [5.74, 6) is 0.940. The number of pyridine rings is 1. The van der Waals surface area contributed by atoms with Gasteiger partial charge in [0.2, 0.25) is 0 Å². The van der Waals surface area contributed by atoms with Gasteiger partial charge in [-0.1, -0.05) is 6.92 Å². The predicted octanol–water partition coefficient (Wildman–Crippen LogP) is 2.24. The number of hydrogen-bond acceptors (Lipinski definition) is 3. The molecule has 1 aromatic heterocycles. The van der Waals surface area contributed by atoms with E-state index in [0.29, 0.717) is 5.69 Å². The molecular formula is C12H18FN3. The Labute approximate surface area is 95.5 Å². The summed E-state index contributed by atoms with van der Waals surface area (Å²) in [4.78, 5) is 6.47. The third-order valence-electron chi connectivity index (χ3n) is 3.39. The topological polar surface area (TPSA) is 42.1 Å². The molecule has 1 aliphatic heterocycles. The first-order chi connectivity index (χ1) is 7.63. The summed E-state index contributed by atoms with van der Waals surface area (Å²) in [5.41, 5.74) is 6.13. The molecule has 0 aromatic carbocycles. The Hall–Kier alpha value is -1.32. The van der Waals surface area contributed by atoms with Gasteiger partial charge in [0.1, 0.15) is 5.82 Å². The number of anilines is 2. The standard InChI is InChI=1S/C12H18FN3/c1-12(9-13)4-6-16(7-5-12)11-3-2-10(14)8-15-11/h2-3,8H,4-7,9,14H2,1H3. The van der Waals surface area contributed by atoms with Crippen LogP contribution in [-0.4, -0.2) is 24.7 Å². The number of nitrogens with two attached hydrogens (primary N) is 1. The first-order valence-corrected chi connectivity index (χ1v) is 5.65. The lowest BCUT2D eigenvalue weighted by molar-refractivity contribution is 0.183. The van der Waals surface area contributed by atoms with Gasteiger partial charge in [0.25, 0.3) is 0 Å². The third kappa shape index (κ3) is 2.26. The highest BCUT2D eigenvalue weighted by atomic mass is 19.1. The molecule has 0 aliphatic carbocycles. The van der Waals surface area contributed by atoms with E-state index in [2.05, 4.69) is 9.88 Å². The van der Waals surface area contributed by atoms with E-state index >= 15 is 0 Å². The van der Waals surface area contributed by atoms with Gasteiger partial charge >= 0.3 is 0 Å². The van der Waals surface area contributed by atoms with E-state index in [1.165, 1.54) is 0 Å².